The summed E-state index contributed by atoms with van der Waals surface area (Å²) in [5.41, 5.74) is 2.16. The smallest absolute Gasteiger partial charge is 0.225 e. The van der Waals surface area contributed by atoms with E-state index >= 15 is 0 Å². The van der Waals surface area contributed by atoms with Crippen LogP contribution in [-0.2, 0) is 23.1 Å². The van der Waals surface area contributed by atoms with Gasteiger partial charge in [-0.2, -0.15) is 5.10 Å². The molecule has 0 bridgehead atoms. The Bertz CT molecular complexity index is 652. The molecule has 2 amide bonds. The van der Waals surface area contributed by atoms with Gasteiger partial charge in [0.25, 0.3) is 0 Å². The number of fused-ring (bicyclic) bond motifs is 1. The van der Waals surface area contributed by atoms with E-state index in [1.54, 1.807) is 0 Å². The lowest BCUT2D eigenvalue weighted by molar-refractivity contribution is -0.129. The Labute approximate surface area is 142 Å². The predicted octanol–water partition coefficient (Wildman–Crippen LogP) is 0.686. The van der Waals surface area contributed by atoms with Gasteiger partial charge in [-0.3, -0.25) is 14.3 Å². The Kier molecular flexibility index (Phi) is 4.51. The number of nitrogens with one attached hydrogen (secondary N) is 2. The van der Waals surface area contributed by atoms with Crippen LogP contribution in [0.3, 0.4) is 0 Å². The Balaban J connectivity index is 1.58. The third kappa shape index (κ3) is 3.25. The van der Waals surface area contributed by atoms with Crippen molar-refractivity contribution in [2.75, 3.05) is 25.0 Å². The van der Waals surface area contributed by atoms with Gasteiger partial charge in [-0.15, -0.1) is 0 Å². The lowest BCUT2D eigenvalue weighted by Crippen LogP contribution is -2.46. The SMILES string of the molecule is Cc1nn(C)c2c1CC(NC(=O)C1CC(=O)N(CC(C)C)C1)CN2. The van der Waals surface area contributed by atoms with E-state index in [4.69, 9.17) is 0 Å². The van der Waals surface area contributed by atoms with Crippen molar-refractivity contribution < 1.29 is 9.59 Å². The molecule has 0 aromatic carbocycles. The van der Waals surface area contributed by atoms with Gasteiger partial charge in [0.1, 0.15) is 5.82 Å². The molecule has 2 aliphatic heterocycles. The maximum Gasteiger partial charge on any atom is 0.225 e. The molecule has 7 heteroatoms. The molecule has 1 aromatic heterocycles. The highest BCUT2D eigenvalue weighted by Crippen LogP contribution is 2.25. The first-order valence-electron chi connectivity index (χ1n) is 8.69. The second kappa shape index (κ2) is 6.45. The fourth-order valence-corrected chi connectivity index (χ4v) is 3.69. The van der Waals surface area contributed by atoms with Crippen molar-refractivity contribution in [3.8, 4) is 0 Å². The van der Waals surface area contributed by atoms with E-state index in [-0.39, 0.29) is 23.8 Å². The van der Waals surface area contributed by atoms with E-state index in [1.165, 1.54) is 0 Å². The summed E-state index contributed by atoms with van der Waals surface area (Å²) in [6.45, 7) is 8.12. The van der Waals surface area contributed by atoms with Crippen LogP contribution in [0.2, 0.25) is 0 Å². The van der Waals surface area contributed by atoms with E-state index in [0.717, 1.165) is 30.0 Å². The van der Waals surface area contributed by atoms with Gasteiger partial charge in [-0.1, -0.05) is 13.8 Å². The summed E-state index contributed by atoms with van der Waals surface area (Å²) in [6, 6.07) is 0.0437. The van der Waals surface area contributed by atoms with E-state index < -0.39 is 0 Å². The molecule has 1 aromatic rings. The molecule has 2 unspecified atom stereocenters. The highest BCUT2D eigenvalue weighted by atomic mass is 16.2. The molecule has 24 heavy (non-hydrogen) atoms. The number of aryl methyl sites for hydroxylation is 2. The molecule has 132 valence electrons. The lowest BCUT2D eigenvalue weighted by Gasteiger charge is -2.26. The van der Waals surface area contributed by atoms with Gasteiger partial charge in [-0.25, -0.2) is 0 Å². The number of carbonyl (C=O) groups is 2. The van der Waals surface area contributed by atoms with Gasteiger partial charge < -0.3 is 15.5 Å². The third-order valence-electron chi connectivity index (χ3n) is 4.83. The van der Waals surface area contributed by atoms with Crippen LogP contribution in [0.25, 0.3) is 0 Å². The van der Waals surface area contributed by atoms with Crippen molar-refractivity contribution >= 4 is 17.6 Å². The average molecular weight is 333 g/mol. The van der Waals surface area contributed by atoms with Crippen LogP contribution in [0.15, 0.2) is 0 Å². The average Bonchev–Trinajstić information content (AvgIpc) is 3.00. The first-order chi connectivity index (χ1) is 11.3. The monoisotopic (exact) mass is 333 g/mol. The molecule has 0 saturated carbocycles. The van der Waals surface area contributed by atoms with Crippen molar-refractivity contribution in [1.82, 2.24) is 20.0 Å². The first-order valence-corrected chi connectivity index (χ1v) is 8.69. The van der Waals surface area contributed by atoms with Gasteiger partial charge in [-0.05, 0) is 19.3 Å². The number of anilines is 1. The number of hydrogen-bond acceptors (Lipinski definition) is 4. The normalized spacial score (nSPS) is 23.4. The standard InChI is InChI=1S/C17H27N5O2/c1-10(2)8-22-9-12(5-15(22)23)17(24)19-13-6-14-11(3)20-21(4)16(14)18-7-13/h10,12-13,18H,5-9H2,1-4H3,(H,19,24). The molecule has 0 aliphatic carbocycles. The van der Waals surface area contributed by atoms with Crippen molar-refractivity contribution in [3.05, 3.63) is 11.3 Å². The number of rotatable bonds is 4. The summed E-state index contributed by atoms with van der Waals surface area (Å²) < 4.78 is 1.85. The molecule has 1 saturated heterocycles. The maximum atomic E-state index is 12.6. The summed E-state index contributed by atoms with van der Waals surface area (Å²) in [5, 5.41) is 10.9. The van der Waals surface area contributed by atoms with Crippen LogP contribution in [-0.4, -0.2) is 52.2 Å². The number of hydrogen-bond donors (Lipinski definition) is 2. The minimum atomic E-state index is -0.229. The Hall–Kier alpha value is -2.05. The van der Waals surface area contributed by atoms with Gasteiger partial charge >= 0.3 is 0 Å². The van der Waals surface area contributed by atoms with Gasteiger partial charge in [0, 0.05) is 38.7 Å². The summed E-state index contributed by atoms with van der Waals surface area (Å²) in [6.07, 6.45) is 1.11. The van der Waals surface area contributed by atoms with Crippen LogP contribution in [0, 0.1) is 18.8 Å². The summed E-state index contributed by atoms with van der Waals surface area (Å²) in [7, 11) is 1.92. The van der Waals surface area contributed by atoms with Crippen LogP contribution in [0.5, 0.6) is 0 Å². The zero-order valence-electron chi connectivity index (χ0n) is 14.9. The van der Waals surface area contributed by atoms with Gasteiger partial charge in [0.2, 0.25) is 11.8 Å². The van der Waals surface area contributed by atoms with Crippen LogP contribution >= 0.6 is 0 Å². The lowest BCUT2D eigenvalue weighted by atomic mass is 10.0. The Morgan fingerprint density at radius 1 is 1.42 bits per heavy atom. The minimum Gasteiger partial charge on any atom is -0.368 e. The highest BCUT2D eigenvalue weighted by Gasteiger charge is 2.35. The number of nitrogens with zero attached hydrogens (tertiary/aromatic N) is 3. The van der Waals surface area contributed by atoms with Crippen molar-refractivity contribution in [3.63, 3.8) is 0 Å². The Morgan fingerprint density at radius 2 is 2.17 bits per heavy atom. The molecular formula is C17H27N5O2. The number of likely N-dealkylation sites (tertiary alicyclic amines) is 1. The second-order valence-corrected chi connectivity index (χ2v) is 7.42. The number of amides is 2. The molecule has 3 rings (SSSR count). The topological polar surface area (TPSA) is 79.3 Å². The summed E-state index contributed by atoms with van der Waals surface area (Å²) >= 11 is 0. The zero-order chi connectivity index (χ0) is 17.4. The molecule has 2 N–H and O–H groups in total. The Morgan fingerprint density at radius 3 is 2.88 bits per heavy atom. The number of carbonyl (C=O) groups excluding carboxylic acids is 2. The molecule has 2 aliphatic rings. The van der Waals surface area contributed by atoms with E-state index in [0.29, 0.717) is 25.4 Å². The largest absolute Gasteiger partial charge is 0.368 e. The third-order valence-corrected chi connectivity index (χ3v) is 4.83. The summed E-state index contributed by atoms with van der Waals surface area (Å²) in [5.74, 6) is 1.32. The zero-order valence-corrected chi connectivity index (χ0v) is 14.9. The second-order valence-electron chi connectivity index (χ2n) is 7.42. The molecule has 2 atom stereocenters. The maximum absolute atomic E-state index is 12.6. The van der Waals surface area contributed by atoms with Gasteiger partial charge in [0.15, 0.2) is 0 Å². The molecule has 7 nitrogen and oxygen atoms in total. The predicted molar refractivity (Wildman–Crippen MR) is 91.6 cm³/mol. The fourth-order valence-electron chi connectivity index (χ4n) is 3.69. The highest BCUT2D eigenvalue weighted by molar-refractivity contribution is 5.89. The van der Waals surface area contributed by atoms with E-state index in [9.17, 15) is 9.59 Å². The van der Waals surface area contributed by atoms with E-state index in [1.807, 2.05) is 23.6 Å². The minimum absolute atomic E-state index is 0.00796. The fraction of sp³-hybridized carbons (Fsp3) is 0.706. The first kappa shape index (κ1) is 16.8. The molecule has 3 heterocycles. The van der Waals surface area contributed by atoms with Crippen LogP contribution in [0.1, 0.15) is 31.5 Å². The van der Waals surface area contributed by atoms with Crippen molar-refractivity contribution in [2.24, 2.45) is 18.9 Å². The van der Waals surface area contributed by atoms with E-state index in [2.05, 4.69) is 29.6 Å². The number of aromatic nitrogens is 2. The molecule has 0 radical (unpaired) electrons. The summed E-state index contributed by atoms with van der Waals surface area (Å²) in [4.78, 5) is 26.4. The van der Waals surface area contributed by atoms with Crippen molar-refractivity contribution in [1.29, 1.82) is 0 Å². The molecular weight excluding hydrogens is 306 g/mol. The van der Waals surface area contributed by atoms with Crippen molar-refractivity contribution in [2.45, 2.75) is 39.7 Å². The van der Waals surface area contributed by atoms with Crippen LogP contribution in [0.4, 0.5) is 5.82 Å². The van der Waals surface area contributed by atoms with Crippen LogP contribution < -0.4 is 10.6 Å². The molecule has 0 spiro atoms. The molecule has 1 fully saturated rings. The quantitative estimate of drug-likeness (QED) is 0.849. The van der Waals surface area contributed by atoms with Gasteiger partial charge in [0.05, 0.1) is 17.7 Å².